The first kappa shape index (κ1) is 27.7. The van der Waals surface area contributed by atoms with E-state index in [-0.39, 0.29) is 86.2 Å². The van der Waals surface area contributed by atoms with E-state index in [4.69, 9.17) is 0 Å². The first-order chi connectivity index (χ1) is 7.93. The summed E-state index contributed by atoms with van der Waals surface area (Å²) in [7, 11) is 0. The van der Waals surface area contributed by atoms with Gasteiger partial charge in [-0.3, -0.25) is 0 Å². The molecule has 2 aliphatic rings. The molecule has 0 spiro atoms. The molecular formula is C15H25Br3O2Sn. The van der Waals surface area contributed by atoms with Crippen molar-refractivity contribution in [2.75, 3.05) is 0 Å². The second-order valence-corrected chi connectivity index (χ2v) is 6.87. The topological polar surface area (TPSA) is 40.1 Å². The Bertz CT molecular complexity index is 315. The molecule has 0 aliphatic heterocycles. The zero-order valence-corrected chi connectivity index (χ0v) is 20.6. The zero-order chi connectivity index (χ0) is 12.7. The van der Waals surface area contributed by atoms with Crippen LogP contribution in [0, 0.1) is 23.2 Å². The number of hydrogen-bond acceptors (Lipinski definition) is 2. The number of rotatable bonds is 4. The molecule has 2 nitrogen and oxygen atoms in total. The summed E-state index contributed by atoms with van der Waals surface area (Å²) in [6.45, 7) is 6.58. The van der Waals surface area contributed by atoms with Gasteiger partial charge >= 0.3 is 23.9 Å². The van der Waals surface area contributed by atoms with E-state index in [1.54, 1.807) is 0 Å². The number of aldehydes is 1. The predicted molar refractivity (Wildman–Crippen MR) is 72.2 cm³/mol. The second-order valence-electron chi connectivity index (χ2n) is 6.87. The van der Waals surface area contributed by atoms with Crippen LogP contribution in [0.1, 0.15) is 59.3 Å². The minimum atomic E-state index is -1.30. The molecule has 0 radical (unpaired) electrons. The Hall–Kier alpha value is 1.87. The fraction of sp³-hybridized carbons (Fsp3) is 0.933. The van der Waals surface area contributed by atoms with Crippen LogP contribution in [0.15, 0.2) is 0 Å². The molecule has 2 saturated carbocycles. The standard InChI is InChI=1S/C15H25O2.3BrH.Sn/c1-4-11-8-12(11)9-13-14(2,3)6-5-7-15(13,17)10-16;;;;/h10-13H,4-9H2,1-3H3;3*1H;/q-1;;;;+4/p-3/t11?,12?,13-,15-;;;;/m0..../s1. The van der Waals surface area contributed by atoms with Crippen molar-refractivity contribution in [2.24, 2.45) is 23.2 Å². The molecule has 4 atom stereocenters. The van der Waals surface area contributed by atoms with Crippen molar-refractivity contribution < 1.29 is 60.8 Å². The number of halogens is 3. The van der Waals surface area contributed by atoms with Gasteiger partial charge in [0, 0.05) is 0 Å². The van der Waals surface area contributed by atoms with Crippen LogP contribution in [0.25, 0.3) is 0 Å². The maximum absolute atomic E-state index is 12.6. The van der Waals surface area contributed by atoms with Gasteiger partial charge in [-0.15, -0.1) is 0 Å². The summed E-state index contributed by atoms with van der Waals surface area (Å²) >= 11 is 0. The summed E-state index contributed by atoms with van der Waals surface area (Å²) in [6.07, 6.45) is 6.75. The maximum atomic E-state index is 12.6. The van der Waals surface area contributed by atoms with Gasteiger partial charge in [-0.1, -0.05) is 45.6 Å². The van der Waals surface area contributed by atoms with E-state index in [1.807, 2.05) is 0 Å². The van der Waals surface area contributed by atoms with Crippen LogP contribution in [-0.2, 0) is 4.79 Å². The first-order valence-corrected chi connectivity index (χ1v) is 7.09. The van der Waals surface area contributed by atoms with Crippen LogP contribution in [0.2, 0.25) is 0 Å². The molecule has 0 heterocycles. The third kappa shape index (κ3) is 6.35. The molecular weight excluding hydrogens is 571 g/mol. The van der Waals surface area contributed by atoms with Gasteiger partial charge in [-0.2, -0.15) is 0 Å². The fourth-order valence-corrected chi connectivity index (χ4v) is 3.89. The molecule has 2 aliphatic carbocycles. The van der Waals surface area contributed by atoms with E-state index in [9.17, 15) is 9.90 Å². The third-order valence-corrected chi connectivity index (χ3v) is 5.25. The van der Waals surface area contributed by atoms with Gasteiger partial charge in [0.25, 0.3) is 0 Å². The molecule has 122 valence electrons. The molecule has 0 amide bonds. The maximum Gasteiger partial charge on any atom is 4.00 e. The molecule has 0 aromatic heterocycles. The largest absolute Gasteiger partial charge is 4.00 e. The molecule has 0 bridgehead atoms. The van der Waals surface area contributed by atoms with Crippen LogP contribution in [0.3, 0.4) is 0 Å². The van der Waals surface area contributed by atoms with E-state index < -0.39 is 5.60 Å². The normalized spacial score (nSPS) is 35.9. The van der Waals surface area contributed by atoms with Crippen molar-refractivity contribution in [3.05, 3.63) is 0 Å². The molecule has 0 aromatic rings. The predicted octanol–water partition coefficient (Wildman–Crippen LogP) is -6.82. The molecule has 0 saturated heterocycles. The first-order valence-electron chi connectivity index (χ1n) is 7.09. The molecule has 6 heteroatoms. The summed E-state index contributed by atoms with van der Waals surface area (Å²) in [5, 5.41) is 12.6. The Morgan fingerprint density at radius 1 is 1.14 bits per heavy atom. The number of carbonyl (C=O) groups is 1. The molecule has 2 fully saturated rings. The molecule has 2 rings (SSSR count). The van der Waals surface area contributed by atoms with Crippen LogP contribution < -0.4 is 56.1 Å². The summed E-state index contributed by atoms with van der Waals surface area (Å²) in [6, 6.07) is 0. The van der Waals surface area contributed by atoms with Crippen LogP contribution in [-0.4, -0.2) is 35.8 Å². The van der Waals surface area contributed by atoms with E-state index in [0.717, 1.165) is 31.1 Å². The van der Waals surface area contributed by atoms with Crippen molar-refractivity contribution in [1.82, 2.24) is 0 Å². The number of carbonyl (C=O) groups excluding carboxylic acids is 1. The van der Waals surface area contributed by atoms with Gasteiger partial charge in [0.2, 0.25) is 0 Å². The van der Waals surface area contributed by atoms with Gasteiger partial charge in [-0.05, 0) is 42.4 Å². The van der Waals surface area contributed by atoms with Gasteiger partial charge in [-0.25, -0.2) is 0 Å². The summed E-state index contributed by atoms with van der Waals surface area (Å²) < 4.78 is 0. The van der Waals surface area contributed by atoms with Crippen molar-refractivity contribution in [3.8, 4) is 0 Å². The zero-order valence-electron chi connectivity index (χ0n) is 13.0. The SMILES string of the molecule is CCC1CC1C[C@H]1C(C)(C)CCC[C@]1([O-])C=O.[Br-].[Br-].[Br-].[Sn+4]. The van der Waals surface area contributed by atoms with Crippen molar-refractivity contribution in [2.45, 2.75) is 64.9 Å². The minimum absolute atomic E-state index is 0. The van der Waals surface area contributed by atoms with Crippen molar-refractivity contribution in [1.29, 1.82) is 0 Å². The quantitative estimate of drug-likeness (QED) is 0.240. The average Bonchev–Trinajstić information content (AvgIpc) is 3.02. The smallest absolute Gasteiger partial charge is 1.00 e. The molecule has 2 unspecified atom stereocenters. The fourth-order valence-electron chi connectivity index (χ4n) is 3.89. The van der Waals surface area contributed by atoms with Crippen molar-refractivity contribution >= 4 is 30.2 Å². The average molecular weight is 596 g/mol. The van der Waals surface area contributed by atoms with Crippen LogP contribution in [0.4, 0.5) is 0 Å². The van der Waals surface area contributed by atoms with Crippen LogP contribution >= 0.6 is 0 Å². The summed E-state index contributed by atoms with van der Waals surface area (Å²) in [4.78, 5) is 11.2. The van der Waals surface area contributed by atoms with E-state index in [1.165, 1.54) is 12.8 Å². The number of hydrogen-bond donors (Lipinski definition) is 0. The van der Waals surface area contributed by atoms with Gasteiger partial charge in [0.1, 0.15) is 6.29 Å². The van der Waals surface area contributed by atoms with E-state index >= 15 is 0 Å². The monoisotopic (exact) mass is 594 g/mol. The molecule has 0 aromatic carbocycles. The van der Waals surface area contributed by atoms with Crippen molar-refractivity contribution in [3.63, 3.8) is 0 Å². The Morgan fingerprint density at radius 2 is 1.71 bits per heavy atom. The van der Waals surface area contributed by atoms with Gasteiger partial charge in [0.15, 0.2) is 0 Å². The van der Waals surface area contributed by atoms with E-state index in [2.05, 4.69) is 20.8 Å². The summed E-state index contributed by atoms with van der Waals surface area (Å²) in [5.41, 5.74) is -1.26. The molecule has 21 heavy (non-hydrogen) atoms. The van der Waals surface area contributed by atoms with Gasteiger partial charge in [0.05, 0.1) is 0 Å². The molecule has 0 N–H and O–H groups in total. The Kier molecular flexibility index (Phi) is 14.1. The van der Waals surface area contributed by atoms with Crippen LogP contribution in [0.5, 0.6) is 0 Å². The summed E-state index contributed by atoms with van der Waals surface area (Å²) in [5.74, 6) is 1.59. The second kappa shape index (κ2) is 10.7. The van der Waals surface area contributed by atoms with Gasteiger partial charge < -0.3 is 60.8 Å². The minimum Gasteiger partial charge on any atom is -1.00 e. The Morgan fingerprint density at radius 3 is 2.14 bits per heavy atom. The van der Waals surface area contributed by atoms with E-state index in [0.29, 0.717) is 12.7 Å². The Labute approximate surface area is 177 Å². The third-order valence-electron chi connectivity index (χ3n) is 5.25. The Balaban J connectivity index is -0.000000810.